The predicted octanol–water partition coefficient (Wildman–Crippen LogP) is -5.31. The van der Waals surface area contributed by atoms with Crippen molar-refractivity contribution in [2.75, 3.05) is 25.2 Å². The molecule has 61 heavy (non-hydrogen) atoms. The van der Waals surface area contributed by atoms with Crippen LogP contribution in [0.15, 0.2) is 48.5 Å². The fraction of sp³-hybridized carbons (Fsp3) is 0.432. The highest BCUT2D eigenvalue weighted by atomic mass is 32.2. The topological polar surface area (TPSA) is 405 Å². The van der Waals surface area contributed by atoms with Crippen LogP contribution in [0.3, 0.4) is 0 Å². The van der Waals surface area contributed by atoms with E-state index in [1.54, 1.807) is 6.26 Å². The molecule has 0 aliphatic heterocycles. The lowest BCUT2D eigenvalue weighted by atomic mass is 10.0. The number of phenols is 2. The Morgan fingerprint density at radius 1 is 0.541 bits per heavy atom. The largest absolute Gasteiger partial charge is 0.508 e. The van der Waals surface area contributed by atoms with Gasteiger partial charge in [-0.3, -0.25) is 38.4 Å². The molecule has 2 aromatic carbocycles. The average molecular weight is 878 g/mol. The van der Waals surface area contributed by atoms with Crippen LogP contribution in [0.1, 0.15) is 30.4 Å². The lowest BCUT2D eigenvalue weighted by Crippen LogP contribution is -2.61. The Balaban J connectivity index is 2.47. The van der Waals surface area contributed by atoms with Gasteiger partial charge in [-0.25, -0.2) is 4.79 Å². The van der Waals surface area contributed by atoms with Crippen molar-refractivity contribution >= 4 is 65.0 Å². The van der Waals surface area contributed by atoms with Gasteiger partial charge in [-0.2, -0.15) is 11.8 Å². The standard InChI is InChI=1S/C37H51N9O14S/c1-61-11-10-22(38)31(53)41-25(14-29(39)51)34(56)43-23(12-18-2-6-20(49)7-3-18)32(54)42-24(13-19-4-8-21(50)9-5-19)33(55)45-27(16-47)36(58)44-26(15-30(40)52)35(57)46-28(17-48)37(59)60/h2-9,22-28,47-50H,10-17,38H2,1H3,(H2,39,51)(H2,40,52)(H,41,53)(H,42,54)(H,43,56)(H,44,58)(H,45,55)(H,46,57)(H,59,60)/t22-,23-,24-,25-,26-,27-,28-/m0/s1. The van der Waals surface area contributed by atoms with Gasteiger partial charge in [0.1, 0.15) is 47.8 Å². The number of nitrogens with two attached hydrogens (primary N) is 3. The fourth-order valence-electron chi connectivity index (χ4n) is 5.37. The molecule has 8 amide bonds. The number of aliphatic hydroxyl groups is 2. The van der Waals surface area contributed by atoms with Crippen molar-refractivity contribution in [3.8, 4) is 11.5 Å². The minimum atomic E-state index is -1.88. The zero-order valence-electron chi connectivity index (χ0n) is 32.9. The first kappa shape index (κ1) is 50.6. The van der Waals surface area contributed by atoms with Gasteiger partial charge in [-0.1, -0.05) is 24.3 Å². The molecular formula is C37H51N9O14S. The molecule has 0 radical (unpaired) electrons. The van der Waals surface area contributed by atoms with Crippen LogP contribution in [0.5, 0.6) is 11.5 Å². The number of carboxylic acids is 1. The molecule has 0 aliphatic carbocycles. The summed E-state index contributed by atoms with van der Waals surface area (Å²) in [6, 6.07) is -0.583. The van der Waals surface area contributed by atoms with Gasteiger partial charge in [0.25, 0.3) is 0 Å². The Morgan fingerprint density at radius 2 is 0.869 bits per heavy atom. The van der Waals surface area contributed by atoms with Crippen LogP contribution in [-0.2, 0) is 56.0 Å². The minimum Gasteiger partial charge on any atom is -0.508 e. The summed E-state index contributed by atoms with van der Waals surface area (Å²) in [5.41, 5.74) is 17.2. The summed E-state index contributed by atoms with van der Waals surface area (Å²) in [6.45, 7) is -2.18. The van der Waals surface area contributed by atoms with Crippen LogP contribution in [0.2, 0.25) is 0 Å². The minimum absolute atomic E-state index is 0.125. The van der Waals surface area contributed by atoms with Gasteiger partial charge in [0.05, 0.1) is 32.1 Å². The third-order valence-corrected chi connectivity index (χ3v) is 9.32. The number of carboxylic acid groups (broad SMARTS) is 1. The second-order valence-electron chi connectivity index (χ2n) is 13.5. The van der Waals surface area contributed by atoms with Gasteiger partial charge in [0.15, 0.2) is 0 Å². The van der Waals surface area contributed by atoms with E-state index in [4.69, 9.17) is 17.2 Å². The van der Waals surface area contributed by atoms with Crippen molar-refractivity contribution in [3.05, 3.63) is 59.7 Å². The van der Waals surface area contributed by atoms with Crippen molar-refractivity contribution in [2.24, 2.45) is 17.2 Å². The van der Waals surface area contributed by atoms with E-state index in [0.717, 1.165) is 0 Å². The fourth-order valence-corrected chi connectivity index (χ4v) is 5.86. The lowest BCUT2D eigenvalue weighted by molar-refractivity contribution is -0.143. The van der Waals surface area contributed by atoms with E-state index >= 15 is 0 Å². The number of aromatic hydroxyl groups is 2. The van der Waals surface area contributed by atoms with Crippen LogP contribution in [0.4, 0.5) is 0 Å². The van der Waals surface area contributed by atoms with Gasteiger partial charge >= 0.3 is 5.97 Å². The number of phenolic OH excluding ortho intramolecular Hbond substituents is 2. The number of hydrogen-bond acceptors (Lipinski definition) is 15. The second-order valence-corrected chi connectivity index (χ2v) is 14.5. The van der Waals surface area contributed by atoms with Gasteiger partial charge in [0, 0.05) is 12.8 Å². The number of carbonyl (C=O) groups is 9. The molecule has 0 fully saturated rings. The number of amides is 8. The summed E-state index contributed by atoms with van der Waals surface area (Å²) in [6.07, 6.45) is -0.170. The summed E-state index contributed by atoms with van der Waals surface area (Å²) in [7, 11) is 0. The highest BCUT2D eigenvalue weighted by Crippen LogP contribution is 2.14. The molecule has 7 atom stereocenters. The van der Waals surface area contributed by atoms with E-state index < -0.39 is 122 Å². The summed E-state index contributed by atoms with van der Waals surface area (Å²) in [5, 5.41) is 61.7. The molecule has 0 aliphatic rings. The Labute approximate surface area is 352 Å². The van der Waals surface area contributed by atoms with Crippen molar-refractivity contribution in [1.29, 1.82) is 0 Å². The summed E-state index contributed by atoms with van der Waals surface area (Å²) in [5.74, 6) is -10.0. The van der Waals surface area contributed by atoms with Gasteiger partial charge in [0.2, 0.25) is 47.3 Å². The molecular weight excluding hydrogens is 827 g/mol. The van der Waals surface area contributed by atoms with E-state index in [1.165, 1.54) is 60.3 Å². The molecule has 0 heterocycles. The quantitative estimate of drug-likeness (QED) is 0.0420. The van der Waals surface area contributed by atoms with Crippen molar-refractivity contribution in [2.45, 2.75) is 74.4 Å². The number of nitrogens with one attached hydrogen (secondary N) is 6. The molecule has 24 heteroatoms. The molecule has 0 spiro atoms. The number of rotatable bonds is 26. The van der Waals surface area contributed by atoms with Gasteiger partial charge in [-0.05, 0) is 53.8 Å². The highest BCUT2D eigenvalue weighted by Gasteiger charge is 2.34. The number of hydrogen-bond donors (Lipinski definition) is 14. The van der Waals surface area contributed by atoms with Crippen LogP contribution in [0, 0.1) is 0 Å². The maximum absolute atomic E-state index is 14.1. The Morgan fingerprint density at radius 3 is 1.23 bits per heavy atom. The molecule has 0 saturated carbocycles. The number of primary amides is 2. The van der Waals surface area contributed by atoms with Crippen LogP contribution < -0.4 is 49.1 Å². The summed E-state index contributed by atoms with van der Waals surface area (Å²) >= 11 is 1.42. The third kappa shape index (κ3) is 17.7. The van der Waals surface area contributed by atoms with Crippen LogP contribution in [-0.4, -0.2) is 146 Å². The van der Waals surface area contributed by atoms with Gasteiger partial charge < -0.3 is 74.6 Å². The molecule has 0 saturated heterocycles. The number of carbonyl (C=O) groups excluding carboxylic acids is 8. The third-order valence-electron chi connectivity index (χ3n) is 8.68. The zero-order valence-corrected chi connectivity index (χ0v) is 33.7. The zero-order chi connectivity index (χ0) is 45.8. The highest BCUT2D eigenvalue weighted by molar-refractivity contribution is 7.98. The summed E-state index contributed by atoms with van der Waals surface area (Å²) in [4.78, 5) is 115. The van der Waals surface area contributed by atoms with E-state index in [9.17, 15) is 68.7 Å². The molecule has 17 N–H and O–H groups in total. The SMILES string of the molecule is CSCC[C@H](N)C(=O)N[C@@H](CC(N)=O)C(=O)N[C@@H](Cc1ccc(O)cc1)C(=O)N[C@@H](Cc1ccc(O)cc1)C(=O)N[C@@H](CO)C(=O)N[C@@H](CC(N)=O)C(=O)N[C@@H](CO)C(=O)O. The van der Waals surface area contributed by atoms with E-state index in [-0.39, 0.29) is 30.8 Å². The molecule has 0 aromatic heterocycles. The Kier molecular flexibility index (Phi) is 20.9. The first-order valence-corrected chi connectivity index (χ1v) is 19.8. The van der Waals surface area contributed by atoms with Crippen molar-refractivity contribution in [3.63, 3.8) is 0 Å². The number of benzene rings is 2. The molecule has 2 aromatic rings. The van der Waals surface area contributed by atoms with Crippen molar-refractivity contribution in [1.82, 2.24) is 31.9 Å². The first-order valence-electron chi connectivity index (χ1n) is 18.4. The molecule has 334 valence electrons. The lowest BCUT2D eigenvalue weighted by Gasteiger charge is -2.27. The number of aliphatic hydroxyl groups excluding tert-OH is 2. The number of aliphatic carboxylic acids is 1. The molecule has 2 rings (SSSR count). The summed E-state index contributed by atoms with van der Waals surface area (Å²) < 4.78 is 0. The van der Waals surface area contributed by atoms with E-state index in [0.29, 0.717) is 16.9 Å². The maximum Gasteiger partial charge on any atom is 0.328 e. The molecule has 23 nitrogen and oxygen atoms in total. The smallest absolute Gasteiger partial charge is 0.328 e. The molecule has 0 bridgehead atoms. The predicted molar refractivity (Wildman–Crippen MR) is 216 cm³/mol. The van der Waals surface area contributed by atoms with Crippen LogP contribution in [0.25, 0.3) is 0 Å². The van der Waals surface area contributed by atoms with Crippen LogP contribution >= 0.6 is 11.8 Å². The Bertz CT molecular complexity index is 1870. The Hall–Kier alpha value is -6.50. The normalized spacial score (nSPS) is 14.3. The second kappa shape index (κ2) is 25.2. The number of thioether (sulfide) groups is 1. The van der Waals surface area contributed by atoms with E-state index in [1.807, 2.05) is 5.32 Å². The molecule has 0 unspecified atom stereocenters. The first-order chi connectivity index (χ1) is 28.8. The van der Waals surface area contributed by atoms with Crippen molar-refractivity contribution < 1.29 is 68.7 Å². The average Bonchev–Trinajstić information content (AvgIpc) is 3.20. The van der Waals surface area contributed by atoms with Gasteiger partial charge in [-0.15, -0.1) is 0 Å². The maximum atomic E-state index is 14.1. The monoisotopic (exact) mass is 877 g/mol. The van der Waals surface area contributed by atoms with E-state index in [2.05, 4.69) is 26.6 Å².